The molecule has 0 aromatic rings. The molecule has 2 unspecified atom stereocenters. The summed E-state index contributed by atoms with van der Waals surface area (Å²) in [4.78, 5) is 2.26. The smallest absolute Gasteiger partial charge is 0.118 e. The number of rotatable bonds is 2. The monoisotopic (exact) mass is 157 g/mol. The van der Waals surface area contributed by atoms with Gasteiger partial charge in [0.25, 0.3) is 0 Å². The Morgan fingerprint density at radius 3 is 2.36 bits per heavy atom. The molecule has 0 spiro atoms. The lowest BCUT2D eigenvalue weighted by Gasteiger charge is -2.23. The van der Waals surface area contributed by atoms with Gasteiger partial charge in [-0.1, -0.05) is 0 Å². The van der Waals surface area contributed by atoms with E-state index in [0.717, 1.165) is 24.9 Å². The number of fused-ring (bicyclic) bond motifs is 1. The summed E-state index contributed by atoms with van der Waals surface area (Å²) in [6.45, 7) is 6.25. The van der Waals surface area contributed by atoms with Gasteiger partial charge in [-0.05, 0) is 32.1 Å². The van der Waals surface area contributed by atoms with Crippen LogP contribution in [0, 0.1) is 11.8 Å². The van der Waals surface area contributed by atoms with E-state index in [2.05, 4.69) is 4.90 Å². The highest BCUT2D eigenvalue weighted by atomic mass is 19.1. The topological polar surface area (TPSA) is 3.24 Å². The summed E-state index contributed by atoms with van der Waals surface area (Å²) in [6, 6.07) is 0. The summed E-state index contributed by atoms with van der Waals surface area (Å²) in [5.41, 5.74) is -1.00. The fourth-order valence-corrected chi connectivity index (χ4v) is 2.16. The van der Waals surface area contributed by atoms with E-state index in [9.17, 15) is 4.39 Å². The molecule has 1 aliphatic carbocycles. The average Bonchev–Trinajstić information content (AvgIpc) is 2.36. The van der Waals surface area contributed by atoms with E-state index in [0.29, 0.717) is 6.54 Å². The Labute approximate surface area is 67.6 Å². The maximum absolute atomic E-state index is 13.1. The number of hydrogen-bond donors (Lipinski definition) is 0. The second-order valence-electron chi connectivity index (χ2n) is 4.67. The third-order valence-electron chi connectivity index (χ3n) is 2.65. The van der Waals surface area contributed by atoms with Gasteiger partial charge in [-0.2, -0.15) is 0 Å². The van der Waals surface area contributed by atoms with Crippen molar-refractivity contribution in [3.63, 3.8) is 0 Å². The molecule has 11 heavy (non-hydrogen) atoms. The highest BCUT2D eigenvalue weighted by Crippen LogP contribution is 2.45. The molecule has 1 heterocycles. The third-order valence-corrected chi connectivity index (χ3v) is 2.65. The van der Waals surface area contributed by atoms with Crippen LogP contribution in [-0.4, -0.2) is 30.2 Å². The van der Waals surface area contributed by atoms with Crippen LogP contribution in [0.4, 0.5) is 4.39 Å². The summed E-state index contributed by atoms with van der Waals surface area (Å²) in [7, 11) is 0. The zero-order chi connectivity index (χ0) is 8.06. The minimum Gasteiger partial charge on any atom is -0.300 e. The van der Waals surface area contributed by atoms with Gasteiger partial charge in [0.1, 0.15) is 5.67 Å². The van der Waals surface area contributed by atoms with Crippen molar-refractivity contribution in [3.8, 4) is 0 Å². The molecule has 64 valence electrons. The summed E-state index contributed by atoms with van der Waals surface area (Å²) in [6.07, 6.45) is 1.41. The first-order chi connectivity index (χ1) is 5.04. The zero-order valence-corrected chi connectivity index (χ0v) is 7.31. The van der Waals surface area contributed by atoms with E-state index in [4.69, 9.17) is 0 Å². The normalized spacial score (nSPS) is 37.4. The van der Waals surface area contributed by atoms with Crippen LogP contribution in [0.1, 0.15) is 20.3 Å². The Bertz CT molecular complexity index is 151. The van der Waals surface area contributed by atoms with Crippen molar-refractivity contribution in [1.82, 2.24) is 4.90 Å². The van der Waals surface area contributed by atoms with Gasteiger partial charge in [-0.3, -0.25) is 4.90 Å². The summed E-state index contributed by atoms with van der Waals surface area (Å²) < 4.78 is 13.1. The van der Waals surface area contributed by atoms with Gasteiger partial charge in [0.05, 0.1) is 0 Å². The third kappa shape index (κ3) is 1.73. The fourth-order valence-electron chi connectivity index (χ4n) is 2.16. The van der Waals surface area contributed by atoms with Crippen molar-refractivity contribution in [3.05, 3.63) is 0 Å². The van der Waals surface area contributed by atoms with Crippen LogP contribution in [0.25, 0.3) is 0 Å². The number of likely N-dealkylation sites (tertiary alicyclic amines) is 1. The van der Waals surface area contributed by atoms with Crippen molar-refractivity contribution >= 4 is 0 Å². The fraction of sp³-hybridized carbons (Fsp3) is 1.00. The second-order valence-corrected chi connectivity index (χ2v) is 4.67. The Morgan fingerprint density at radius 2 is 1.91 bits per heavy atom. The number of nitrogens with zero attached hydrogens (tertiary/aromatic N) is 1. The molecule has 0 aromatic heterocycles. The van der Waals surface area contributed by atoms with E-state index in [1.807, 2.05) is 0 Å². The van der Waals surface area contributed by atoms with Gasteiger partial charge in [-0.15, -0.1) is 0 Å². The van der Waals surface area contributed by atoms with Crippen molar-refractivity contribution < 1.29 is 4.39 Å². The predicted octanol–water partition coefficient (Wildman–Crippen LogP) is 1.69. The SMILES string of the molecule is CC(C)(F)CN1CC2CC2C1. The summed E-state index contributed by atoms with van der Waals surface area (Å²) in [5.74, 6) is 1.86. The maximum Gasteiger partial charge on any atom is 0.118 e. The van der Waals surface area contributed by atoms with Crippen LogP contribution in [0.2, 0.25) is 0 Å². The van der Waals surface area contributed by atoms with Gasteiger partial charge in [0.2, 0.25) is 0 Å². The van der Waals surface area contributed by atoms with Gasteiger partial charge < -0.3 is 0 Å². The molecule has 2 fully saturated rings. The average molecular weight is 157 g/mol. The molecule has 2 atom stereocenters. The minimum atomic E-state index is -1.00. The Balaban J connectivity index is 1.80. The number of piperidine rings is 1. The Kier molecular flexibility index (Phi) is 1.50. The largest absolute Gasteiger partial charge is 0.300 e. The molecule has 1 saturated heterocycles. The lowest BCUT2D eigenvalue weighted by atomic mass is 10.1. The van der Waals surface area contributed by atoms with E-state index in [1.165, 1.54) is 6.42 Å². The molecule has 0 amide bonds. The van der Waals surface area contributed by atoms with Gasteiger partial charge in [-0.25, -0.2) is 4.39 Å². The molecule has 0 bridgehead atoms. The second kappa shape index (κ2) is 2.19. The minimum absolute atomic E-state index is 0.625. The summed E-state index contributed by atoms with van der Waals surface area (Å²) in [5, 5.41) is 0. The molecule has 0 aromatic carbocycles. The van der Waals surface area contributed by atoms with Gasteiger partial charge in [0, 0.05) is 19.6 Å². The maximum atomic E-state index is 13.1. The van der Waals surface area contributed by atoms with Crippen LogP contribution in [0.15, 0.2) is 0 Å². The first kappa shape index (κ1) is 7.53. The Morgan fingerprint density at radius 1 is 1.36 bits per heavy atom. The van der Waals surface area contributed by atoms with E-state index < -0.39 is 5.67 Å². The lowest BCUT2D eigenvalue weighted by Crippen LogP contribution is -2.35. The first-order valence-electron chi connectivity index (χ1n) is 4.46. The molecule has 1 saturated carbocycles. The van der Waals surface area contributed by atoms with E-state index >= 15 is 0 Å². The van der Waals surface area contributed by atoms with Crippen LogP contribution >= 0.6 is 0 Å². The molecule has 0 N–H and O–H groups in total. The van der Waals surface area contributed by atoms with Gasteiger partial charge >= 0.3 is 0 Å². The van der Waals surface area contributed by atoms with Crippen molar-refractivity contribution in [1.29, 1.82) is 0 Å². The number of halogens is 1. The molecule has 2 heteroatoms. The van der Waals surface area contributed by atoms with Gasteiger partial charge in [0.15, 0.2) is 0 Å². The van der Waals surface area contributed by atoms with Crippen LogP contribution in [0.5, 0.6) is 0 Å². The van der Waals surface area contributed by atoms with E-state index in [1.54, 1.807) is 13.8 Å². The van der Waals surface area contributed by atoms with Crippen LogP contribution in [-0.2, 0) is 0 Å². The Hall–Kier alpha value is -0.110. The van der Waals surface area contributed by atoms with Crippen molar-refractivity contribution in [2.24, 2.45) is 11.8 Å². The van der Waals surface area contributed by atoms with Crippen molar-refractivity contribution in [2.45, 2.75) is 25.9 Å². The standard InChI is InChI=1S/C9H16FN/c1-9(2,10)6-11-4-7-3-8(7)5-11/h7-8H,3-6H2,1-2H3. The molecular weight excluding hydrogens is 141 g/mol. The predicted molar refractivity (Wildman–Crippen MR) is 43.2 cm³/mol. The van der Waals surface area contributed by atoms with Crippen molar-refractivity contribution in [2.75, 3.05) is 19.6 Å². The first-order valence-corrected chi connectivity index (χ1v) is 4.46. The molecule has 2 aliphatic rings. The molecule has 1 nitrogen and oxygen atoms in total. The molecule has 1 aliphatic heterocycles. The summed E-state index contributed by atoms with van der Waals surface area (Å²) >= 11 is 0. The number of hydrogen-bond acceptors (Lipinski definition) is 1. The van der Waals surface area contributed by atoms with Crippen LogP contribution < -0.4 is 0 Å². The molecule has 2 rings (SSSR count). The zero-order valence-electron chi connectivity index (χ0n) is 7.31. The quantitative estimate of drug-likeness (QED) is 0.589. The van der Waals surface area contributed by atoms with Crippen LogP contribution in [0.3, 0.4) is 0 Å². The van der Waals surface area contributed by atoms with E-state index in [-0.39, 0.29) is 0 Å². The highest BCUT2D eigenvalue weighted by molar-refractivity contribution is 4.97. The number of alkyl halides is 1. The highest BCUT2D eigenvalue weighted by Gasteiger charge is 2.45. The lowest BCUT2D eigenvalue weighted by molar-refractivity contribution is 0.134. The molecular formula is C9H16FN. The molecule has 0 radical (unpaired) electrons.